The number of amides is 1. The molecule has 4 rings (SSSR count). The van der Waals surface area contributed by atoms with Crippen LogP contribution in [-0.2, 0) is 17.6 Å². The van der Waals surface area contributed by atoms with Gasteiger partial charge < -0.3 is 14.2 Å². The van der Waals surface area contributed by atoms with Gasteiger partial charge >= 0.3 is 0 Å². The fourth-order valence-electron chi connectivity index (χ4n) is 3.65. The van der Waals surface area contributed by atoms with Gasteiger partial charge in [0, 0.05) is 13.0 Å². The lowest BCUT2D eigenvalue weighted by atomic mass is 10.1. The Labute approximate surface area is 186 Å². The van der Waals surface area contributed by atoms with Crippen LogP contribution in [-0.4, -0.2) is 42.0 Å². The fraction of sp³-hybridized carbons (Fsp3) is 0.304. The molecule has 1 amide bonds. The molecule has 2 aliphatic rings. The van der Waals surface area contributed by atoms with Crippen molar-refractivity contribution in [3.8, 4) is 17.2 Å². The second-order valence-corrected chi connectivity index (χ2v) is 8.95. The lowest BCUT2D eigenvalue weighted by Crippen LogP contribution is -2.30. The Morgan fingerprint density at radius 1 is 1.20 bits per heavy atom. The largest absolute Gasteiger partial charge is 0.493 e. The van der Waals surface area contributed by atoms with Crippen LogP contribution in [0.25, 0.3) is 6.08 Å². The Morgan fingerprint density at radius 2 is 2.00 bits per heavy atom. The van der Waals surface area contributed by atoms with Gasteiger partial charge in [0.05, 0.1) is 19.1 Å². The molecule has 2 aromatic rings. The van der Waals surface area contributed by atoms with E-state index in [0.29, 0.717) is 33.7 Å². The van der Waals surface area contributed by atoms with Gasteiger partial charge in [-0.15, -0.1) is 0 Å². The van der Waals surface area contributed by atoms with Gasteiger partial charge in [-0.25, -0.2) is 0 Å². The standard InChI is InChI=1S/C23H23NO4S2/c1-14-10-17-11-16(5-6-18(17)28-14)13-21-22(25)24(23(29)30-21)9-8-15-4-7-19(26-2)20(12-15)27-3/h4-7,11-14H,8-10H2,1-3H3/b21-13+/t14-/m1/s1. The summed E-state index contributed by atoms with van der Waals surface area (Å²) in [6, 6.07) is 11.8. The maximum atomic E-state index is 12.9. The zero-order valence-corrected chi connectivity index (χ0v) is 18.8. The average Bonchev–Trinajstić information content (AvgIpc) is 3.24. The number of hydrogen-bond donors (Lipinski definition) is 0. The van der Waals surface area contributed by atoms with Crippen LogP contribution in [0, 0.1) is 0 Å². The molecule has 2 aliphatic heterocycles. The number of ether oxygens (including phenoxy) is 3. The normalized spacial score (nSPS) is 19.2. The van der Waals surface area contributed by atoms with Gasteiger partial charge in [0.15, 0.2) is 11.5 Å². The highest BCUT2D eigenvalue weighted by molar-refractivity contribution is 8.26. The molecule has 0 radical (unpaired) electrons. The molecule has 2 aromatic carbocycles. The van der Waals surface area contributed by atoms with E-state index in [2.05, 4.69) is 13.0 Å². The summed E-state index contributed by atoms with van der Waals surface area (Å²) in [4.78, 5) is 15.3. The van der Waals surface area contributed by atoms with E-state index in [4.69, 9.17) is 26.4 Å². The third kappa shape index (κ3) is 4.18. The molecule has 156 valence electrons. The van der Waals surface area contributed by atoms with Crippen molar-refractivity contribution in [2.24, 2.45) is 0 Å². The first-order valence-electron chi connectivity index (χ1n) is 9.74. The first-order valence-corrected chi connectivity index (χ1v) is 11.0. The minimum atomic E-state index is -0.0457. The van der Waals surface area contributed by atoms with Crippen molar-refractivity contribution in [3.05, 3.63) is 58.0 Å². The van der Waals surface area contributed by atoms with Crippen LogP contribution in [0.4, 0.5) is 0 Å². The number of thioether (sulfide) groups is 1. The van der Waals surface area contributed by atoms with Gasteiger partial charge in [-0.2, -0.15) is 0 Å². The SMILES string of the molecule is COc1ccc(CCN2C(=O)/C(=C\c3ccc4c(c3)C[C@@H](C)O4)SC2=S)cc1OC. The maximum absolute atomic E-state index is 12.9. The lowest BCUT2D eigenvalue weighted by molar-refractivity contribution is -0.122. The third-order valence-corrected chi connectivity index (χ3v) is 6.54. The molecular weight excluding hydrogens is 418 g/mol. The summed E-state index contributed by atoms with van der Waals surface area (Å²) < 4.78 is 17.0. The lowest BCUT2D eigenvalue weighted by Gasteiger charge is -2.15. The first-order chi connectivity index (χ1) is 14.5. The minimum absolute atomic E-state index is 0.0457. The number of fused-ring (bicyclic) bond motifs is 1. The predicted molar refractivity (Wildman–Crippen MR) is 123 cm³/mol. The summed E-state index contributed by atoms with van der Waals surface area (Å²) in [7, 11) is 3.22. The smallest absolute Gasteiger partial charge is 0.266 e. The molecule has 2 heterocycles. The molecule has 1 fully saturated rings. The molecule has 0 unspecified atom stereocenters. The zero-order valence-electron chi connectivity index (χ0n) is 17.1. The van der Waals surface area contributed by atoms with Crippen molar-refractivity contribution in [1.29, 1.82) is 0 Å². The van der Waals surface area contributed by atoms with Crippen molar-refractivity contribution >= 4 is 40.3 Å². The van der Waals surface area contributed by atoms with E-state index >= 15 is 0 Å². The van der Waals surface area contributed by atoms with Crippen LogP contribution < -0.4 is 14.2 Å². The summed E-state index contributed by atoms with van der Waals surface area (Å²) in [5.41, 5.74) is 3.23. The molecule has 0 saturated carbocycles. The first kappa shape index (κ1) is 20.8. The highest BCUT2D eigenvalue weighted by atomic mass is 32.2. The third-order valence-electron chi connectivity index (χ3n) is 5.16. The zero-order chi connectivity index (χ0) is 21.3. The van der Waals surface area contributed by atoms with Gasteiger partial charge in [0.2, 0.25) is 0 Å². The average molecular weight is 442 g/mol. The molecule has 0 aliphatic carbocycles. The summed E-state index contributed by atoms with van der Waals surface area (Å²) in [6.07, 6.45) is 3.68. The van der Waals surface area contributed by atoms with Crippen LogP contribution in [0.5, 0.6) is 17.2 Å². The number of nitrogens with zero attached hydrogens (tertiary/aromatic N) is 1. The van der Waals surface area contributed by atoms with Gasteiger partial charge in [0.1, 0.15) is 16.2 Å². The van der Waals surface area contributed by atoms with Gasteiger partial charge in [0.25, 0.3) is 5.91 Å². The van der Waals surface area contributed by atoms with Gasteiger partial charge in [-0.05, 0) is 60.4 Å². The van der Waals surface area contributed by atoms with Crippen LogP contribution in [0.15, 0.2) is 41.3 Å². The Balaban J connectivity index is 1.46. The number of benzene rings is 2. The molecule has 0 aromatic heterocycles. The molecule has 30 heavy (non-hydrogen) atoms. The Hall–Kier alpha value is -2.51. The van der Waals surface area contributed by atoms with Crippen LogP contribution >= 0.6 is 24.0 Å². The predicted octanol–water partition coefficient (Wildman–Crippen LogP) is 4.47. The number of hydrogen-bond acceptors (Lipinski definition) is 6. The Bertz CT molecular complexity index is 1030. The number of thiocarbonyl (C=S) groups is 1. The molecule has 0 bridgehead atoms. The number of rotatable bonds is 6. The van der Waals surface area contributed by atoms with Crippen molar-refractivity contribution in [3.63, 3.8) is 0 Å². The van der Waals surface area contributed by atoms with Crippen molar-refractivity contribution in [2.75, 3.05) is 20.8 Å². The topological polar surface area (TPSA) is 48.0 Å². The molecule has 7 heteroatoms. The fourth-order valence-corrected chi connectivity index (χ4v) is 4.96. The van der Waals surface area contributed by atoms with E-state index in [9.17, 15) is 4.79 Å². The summed E-state index contributed by atoms with van der Waals surface area (Å²) in [6.45, 7) is 2.58. The van der Waals surface area contributed by atoms with E-state index < -0.39 is 0 Å². The second kappa shape index (κ2) is 8.70. The van der Waals surface area contributed by atoms with Crippen LogP contribution in [0.1, 0.15) is 23.6 Å². The maximum Gasteiger partial charge on any atom is 0.266 e. The Kier molecular flexibility index (Phi) is 6.01. The van der Waals surface area contributed by atoms with Crippen LogP contribution in [0.2, 0.25) is 0 Å². The molecule has 5 nitrogen and oxygen atoms in total. The van der Waals surface area contributed by atoms with Crippen LogP contribution in [0.3, 0.4) is 0 Å². The van der Waals surface area contributed by atoms with E-state index in [1.54, 1.807) is 19.1 Å². The number of carbonyl (C=O) groups is 1. The monoisotopic (exact) mass is 441 g/mol. The van der Waals surface area contributed by atoms with E-state index in [0.717, 1.165) is 23.3 Å². The van der Waals surface area contributed by atoms with Crippen molar-refractivity contribution < 1.29 is 19.0 Å². The highest BCUT2D eigenvalue weighted by Crippen LogP contribution is 2.35. The van der Waals surface area contributed by atoms with Gasteiger partial charge in [-0.1, -0.05) is 36.1 Å². The summed E-state index contributed by atoms with van der Waals surface area (Å²) >= 11 is 6.82. The summed E-state index contributed by atoms with van der Waals surface area (Å²) in [5.74, 6) is 2.25. The van der Waals surface area contributed by atoms with Gasteiger partial charge in [-0.3, -0.25) is 9.69 Å². The minimum Gasteiger partial charge on any atom is -0.493 e. The number of carbonyl (C=O) groups excluding carboxylic acids is 1. The number of methoxy groups -OCH3 is 2. The molecule has 0 N–H and O–H groups in total. The molecule has 1 saturated heterocycles. The second-order valence-electron chi connectivity index (χ2n) is 7.27. The Morgan fingerprint density at radius 3 is 2.77 bits per heavy atom. The molecule has 1 atom stereocenters. The quantitative estimate of drug-likeness (QED) is 0.487. The van der Waals surface area contributed by atoms with E-state index in [1.165, 1.54) is 17.3 Å². The van der Waals surface area contributed by atoms with E-state index in [1.807, 2.05) is 36.4 Å². The van der Waals surface area contributed by atoms with Crippen molar-refractivity contribution in [2.45, 2.75) is 25.9 Å². The van der Waals surface area contributed by atoms with E-state index in [-0.39, 0.29) is 12.0 Å². The molecular formula is C23H23NO4S2. The highest BCUT2D eigenvalue weighted by Gasteiger charge is 2.31. The molecule has 0 spiro atoms. The van der Waals surface area contributed by atoms with Crippen molar-refractivity contribution in [1.82, 2.24) is 4.90 Å². The summed E-state index contributed by atoms with van der Waals surface area (Å²) in [5, 5.41) is 0.